The number of nitrogens with one attached hydrogen (secondary N) is 1. The van der Waals surface area contributed by atoms with Gasteiger partial charge in [0, 0.05) is 24.2 Å². The molecule has 1 aromatic carbocycles. The van der Waals surface area contributed by atoms with Crippen molar-refractivity contribution in [3.8, 4) is 0 Å². The fraction of sp³-hybridized carbons (Fsp3) is 0.250. The van der Waals surface area contributed by atoms with Gasteiger partial charge >= 0.3 is 0 Å². The van der Waals surface area contributed by atoms with Gasteiger partial charge in [0.1, 0.15) is 4.60 Å². The maximum Gasteiger partial charge on any atom is 0.250 e. The lowest BCUT2D eigenvalue weighted by atomic mass is 10.1. The molecule has 3 N–H and O–H groups in total. The molecule has 1 aliphatic rings. The van der Waals surface area contributed by atoms with E-state index in [-0.39, 0.29) is 0 Å². The number of amides is 1. The van der Waals surface area contributed by atoms with Gasteiger partial charge in [-0.25, -0.2) is 4.98 Å². The van der Waals surface area contributed by atoms with Crippen LogP contribution in [-0.2, 0) is 4.74 Å². The first-order valence-electron chi connectivity index (χ1n) is 7.38. The Hall–Kier alpha value is -2.12. The Morgan fingerprint density at radius 3 is 2.83 bits per heavy atom. The zero-order chi connectivity index (χ0) is 16.0. The number of anilines is 1. The number of benzene rings is 1. The second-order valence-corrected chi connectivity index (χ2v) is 6.35. The van der Waals surface area contributed by atoms with Gasteiger partial charge in [0.2, 0.25) is 0 Å². The standard InChI is InChI=1S/C16H15BrN4O2/c17-13-8-11(16(18)22)15-14(20-13)10-2-1-9(7-12(10)19-15)21-3-5-23-6-4-21/h1-2,7-8,19H,3-6H2,(H2,18,22). The number of hydrogen-bond donors (Lipinski definition) is 2. The predicted molar refractivity (Wildman–Crippen MR) is 92.8 cm³/mol. The number of H-pyrrole nitrogens is 1. The molecule has 118 valence electrons. The molecule has 0 spiro atoms. The van der Waals surface area contributed by atoms with Crippen LogP contribution in [0.4, 0.5) is 5.69 Å². The minimum atomic E-state index is -0.474. The summed E-state index contributed by atoms with van der Waals surface area (Å²) >= 11 is 3.34. The van der Waals surface area contributed by atoms with Crippen LogP contribution in [0.2, 0.25) is 0 Å². The lowest BCUT2D eigenvalue weighted by molar-refractivity contribution is 0.100. The van der Waals surface area contributed by atoms with Gasteiger partial charge in [-0.05, 0) is 40.2 Å². The molecule has 4 rings (SSSR count). The summed E-state index contributed by atoms with van der Waals surface area (Å²) in [5, 5.41) is 0.973. The third kappa shape index (κ3) is 2.46. The fourth-order valence-electron chi connectivity index (χ4n) is 3.02. The number of rotatable bonds is 2. The Morgan fingerprint density at radius 2 is 2.09 bits per heavy atom. The Morgan fingerprint density at radius 1 is 1.30 bits per heavy atom. The van der Waals surface area contributed by atoms with Crippen LogP contribution in [0.3, 0.4) is 0 Å². The molecule has 0 aliphatic carbocycles. The lowest BCUT2D eigenvalue weighted by Crippen LogP contribution is -2.36. The quantitative estimate of drug-likeness (QED) is 0.674. The first kappa shape index (κ1) is 14.5. The average molecular weight is 375 g/mol. The SMILES string of the molecule is NC(=O)c1cc(Br)nc2c1[nH]c1cc(N3CCOCC3)ccc12. The molecule has 1 amide bonds. The highest BCUT2D eigenvalue weighted by atomic mass is 79.9. The smallest absolute Gasteiger partial charge is 0.250 e. The zero-order valence-corrected chi connectivity index (χ0v) is 13.9. The Labute approximate surface area is 140 Å². The van der Waals surface area contributed by atoms with Gasteiger partial charge in [0.15, 0.2) is 0 Å². The van der Waals surface area contributed by atoms with Crippen molar-refractivity contribution in [1.29, 1.82) is 0 Å². The second kappa shape index (κ2) is 5.50. The first-order valence-corrected chi connectivity index (χ1v) is 8.17. The highest BCUT2D eigenvalue weighted by molar-refractivity contribution is 9.10. The third-order valence-corrected chi connectivity index (χ3v) is 4.55. The van der Waals surface area contributed by atoms with Crippen molar-refractivity contribution in [1.82, 2.24) is 9.97 Å². The molecule has 2 aromatic heterocycles. The normalized spacial score (nSPS) is 15.4. The molecule has 6 nitrogen and oxygen atoms in total. The molecule has 1 fully saturated rings. The summed E-state index contributed by atoms with van der Waals surface area (Å²) in [6, 6.07) is 7.83. The molecule has 0 radical (unpaired) electrons. The van der Waals surface area contributed by atoms with Crippen LogP contribution in [0, 0.1) is 0 Å². The van der Waals surface area contributed by atoms with Crippen LogP contribution in [0.25, 0.3) is 21.9 Å². The molecule has 0 unspecified atom stereocenters. The highest BCUT2D eigenvalue weighted by Gasteiger charge is 2.16. The van der Waals surface area contributed by atoms with E-state index in [4.69, 9.17) is 10.5 Å². The van der Waals surface area contributed by atoms with E-state index in [1.807, 2.05) is 6.07 Å². The number of aromatic amines is 1. The van der Waals surface area contributed by atoms with E-state index in [1.54, 1.807) is 6.07 Å². The molecule has 0 bridgehead atoms. The van der Waals surface area contributed by atoms with Crippen LogP contribution in [0.5, 0.6) is 0 Å². The summed E-state index contributed by atoms with van der Waals surface area (Å²) in [7, 11) is 0. The van der Waals surface area contributed by atoms with Crippen LogP contribution < -0.4 is 10.6 Å². The number of carbonyl (C=O) groups is 1. The van der Waals surface area contributed by atoms with Gasteiger partial charge in [-0.3, -0.25) is 4.79 Å². The molecule has 23 heavy (non-hydrogen) atoms. The summed E-state index contributed by atoms with van der Waals surface area (Å²) in [5.41, 5.74) is 9.42. The summed E-state index contributed by atoms with van der Waals surface area (Å²) in [6.07, 6.45) is 0. The monoisotopic (exact) mass is 374 g/mol. The number of pyridine rings is 1. The maximum absolute atomic E-state index is 11.7. The molecule has 7 heteroatoms. The van der Waals surface area contributed by atoms with Crippen molar-refractivity contribution < 1.29 is 9.53 Å². The second-order valence-electron chi connectivity index (χ2n) is 5.53. The molecule has 3 aromatic rings. The number of ether oxygens (including phenoxy) is 1. The van der Waals surface area contributed by atoms with Crippen molar-refractivity contribution in [2.75, 3.05) is 31.2 Å². The number of fused-ring (bicyclic) bond motifs is 3. The number of halogens is 1. The number of carbonyl (C=O) groups excluding carboxylic acids is 1. The molecule has 0 atom stereocenters. The Kier molecular flexibility index (Phi) is 3.46. The Bertz CT molecular complexity index is 915. The summed E-state index contributed by atoms with van der Waals surface area (Å²) < 4.78 is 5.99. The third-order valence-electron chi connectivity index (χ3n) is 4.15. The number of nitrogens with two attached hydrogens (primary N) is 1. The van der Waals surface area contributed by atoms with Crippen molar-refractivity contribution in [3.05, 3.63) is 34.4 Å². The topological polar surface area (TPSA) is 84.2 Å². The van der Waals surface area contributed by atoms with E-state index < -0.39 is 5.91 Å². The molecular formula is C16H15BrN4O2. The number of aromatic nitrogens is 2. The molecule has 3 heterocycles. The van der Waals surface area contributed by atoms with Gasteiger partial charge in [-0.15, -0.1) is 0 Å². The minimum Gasteiger partial charge on any atom is -0.378 e. The number of morpholine rings is 1. The van der Waals surface area contributed by atoms with E-state index in [0.717, 1.165) is 48.4 Å². The van der Waals surface area contributed by atoms with E-state index in [9.17, 15) is 4.79 Å². The summed E-state index contributed by atoms with van der Waals surface area (Å²) in [4.78, 5) is 21.8. The zero-order valence-electron chi connectivity index (χ0n) is 12.3. The van der Waals surface area contributed by atoms with Gasteiger partial charge in [0.05, 0.1) is 35.3 Å². The predicted octanol–water partition coefficient (Wildman–Crippen LogP) is 2.41. The van der Waals surface area contributed by atoms with Crippen LogP contribution in [0.15, 0.2) is 28.9 Å². The molecule has 1 saturated heterocycles. The van der Waals surface area contributed by atoms with Crippen molar-refractivity contribution >= 4 is 49.5 Å². The summed E-state index contributed by atoms with van der Waals surface area (Å²) in [6.45, 7) is 3.24. The van der Waals surface area contributed by atoms with E-state index in [0.29, 0.717) is 15.7 Å². The van der Waals surface area contributed by atoms with Gasteiger partial charge in [-0.2, -0.15) is 0 Å². The fourth-order valence-corrected chi connectivity index (χ4v) is 3.43. The highest BCUT2D eigenvalue weighted by Crippen LogP contribution is 2.31. The molecule has 0 saturated carbocycles. The number of nitrogens with zero attached hydrogens (tertiary/aromatic N) is 2. The van der Waals surface area contributed by atoms with Gasteiger partial charge < -0.3 is 20.4 Å². The van der Waals surface area contributed by atoms with E-state index in [1.165, 1.54) is 0 Å². The first-order chi connectivity index (χ1) is 11.1. The van der Waals surface area contributed by atoms with Crippen LogP contribution in [-0.4, -0.2) is 42.2 Å². The Balaban J connectivity index is 1.90. The van der Waals surface area contributed by atoms with Gasteiger partial charge in [0.25, 0.3) is 5.91 Å². The molecule has 1 aliphatic heterocycles. The minimum absolute atomic E-state index is 0.436. The number of primary amides is 1. The lowest BCUT2D eigenvalue weighted by Gasteiger charge is -2.28. The van der Waals surface area contributed by atoms with Crippen molar-refractivity contribution in [2.45, 2.75) is 0 Å². The van der Waals surface area contributed by atoms with Gasteiger partial charge in [-0.1, -0.05) is 0 Å². The van der Waals surface area contributed by atoms with E-state index in [2.05, 4.69) is 42.9 Å². The van der Waals surface area contributed by atoms with E-state index >= 15 is 0 Å². The number of hydrogen-bond acceptors (Lipinski definition) is 4. The van der Waals surface area contributed by atoms with Crippen molar-refractivity contribution in [2.24, 2.45) is 5.73 Å². The van der Waals surface area contributed by atoms with Crippen molar-refractivity contribution in [3.63, 3.8) is 0 Å². The summed E-state index contributed by atoms with van der Waals surface area (Å²) in [5.74, 6) is -0.474. The maximum atomic E-state index is 11.7. The van der Waals surface area contributed by atoms with Crippen LogP contribution in [0.1, 0.15) is 10.4 Å². The largest absolute Gasteiger partial charge is 0.378 e. The van der Waals surface area contributed by atoms with Crippen LogP contribution >= 0.6 is 15.9 Å². The average Bonchev–Trinajstić information content (AvgIpc) is 2.92. The molecular weight excluding hydrogens is 360 g/mol.